The summed E-state index contributed by atoms with van der Waals surface area (Å²) in [6.07, 6.45) is -1.43. The van der Waals surface area contributed by atoms with Crippen LogP contribution in [-0.2, 0) is 6.18 Å². The topological polar surface area (TPSA) is 61.5 Å². The van der Waals surface area contributed by atoms with Crippen LogP contribution in [0.25, 0.3) is 0 Å². The van der Waals surface area contributed by atoms with Crippen LogP contribution < -0.4 is 9.64 Å². The Bertz CT molecular complexity index is 1110. The Morgan fingerprint density at radius 1 is 1.06 bits per heavy atom. The minimum Gasteiger partial charge on any atom is -0.439 e. The Hall–Kier alpha value is -3.33. The van der Waals surface area contributed by atoms with Crippen molar-refractivity contribution in [2.45, 2.75) is 25.1 Å². The molecule has 3 aromatic rings. The highest BCUT2D eigenvalue weighted by Gasteiger charge is 2.40. The van der Waals surface area contributed by atoms with Gasteiger partial charge in [-0.25, -0.2) is 4.98 Å². The fourth-order valence-corrected chi connectivity index (χ4v) is 4.71. The molecule has 0 unspecified atom stereocenters. The Balaban J connectivity index is 1.37. The summed E-state index contributed by atoms with van der Waals surface area (Å²) in [6, 6.07) is 16.2. The van der Waals surface area contributed by atoms with Crippen LogP contribution in [0.3, 0.4) is 0 Å². The molecule has 1 amide bonds. The van der Waals surface area contributed by atoms with E-state index in [0.717, 1.165) is 44.4 Å². The average molecular weight is 456 g/mol. The van der Waals surface area contributed by atoms with E-state index >= 15 is 0 Å². The normalized spacial score (nSPS) is 22.2. The standard InChI is InChI=1S/C24H23F3N4O2/c25-24(26,27)23-28-14-21(29-23)33-19-8-6-17(7-9-19)22(32)31(18-4-2-1-3-5-18)20-15-30-12-10-16(20)11-13-30/h1-9,14,16,20H,10-13,15H2,(H,28,29)/t20-/m0/s1. The number of aromatic amines is 1. The third kappa shape index (κ3) is 4.45. The molecule has 1 N–H and O–H groups in total. The lowest BCUT2D eigenvalue weighted by molar-refractivity contribution is -0.144. The first-order chi connectivity index (χ1) is 15.9. The summed E-state index contributed by atoms with van der Waals surface area (Å²) in [7, 11) is 0. The number of para-hydroxylation sites is 1. The molecule has 0 saturated carbocycles. The summed E-state index contributed by atoms with van der Waals surface area (Å²) in [4.78, 5) is 23.3. The zero-order chi connectivity index (χ0) is 23.0. The van der Waals surface area contributed by atoms with Crippen molar-refractivity contribution in [2.75, 3.05) is 24.5 Å². The maximum absolute atomic E-state index is 13.6. The van der Waals surface area contributed by atoms with Crippen molar-refractivity contribution in [1.29, 1.82) is 0 Å². The molecule has 2 aromatic carbocycles. The van der Waals surface area contributed by atoms with E-state index in [-0.39, 0.29) is 17.8 Å². The minimum atomic E-state index is -4.58. The van der Waals surface area contributed by atoms with Gasteiger partial charge in [-0.15, -0.1) is 0 Å². The summed E-state index contributed by atoms with van der Waals surface area (Å²) >= 11 is 0. The van der Waals surface area contributed by atoms with Gasteiger partial charge in [-0.2, -0.15) is 13.2 Å². The first kappa shape index (κ1) is 21.5. The molecule has 172 valence electrons. The van der Waals surface area contributed by atoms with Crippen molar-refractivity contribution in [3.05, 3.63) is 72.2 Å². The van der Waals surface area contributed by atoms with E-state index in [2.05, 4.69) is 14.9 Å². The number of nitrogens with one attached hydrogen (secondary N) is 1. The summed E-state index contributed by atoms with van der Waals surface area (Å²) in [6.45, 7) is 3.01. The number of amides is 1. The van der Waals surface area contributed by atoms with Gasteiger partial charge in [0.05, 0.1) is 12.2 Å². The van der Waals surface area contributed by atoms with Gasteiger partial charge in [-0.3, -0.25) is 4.79 Å². The fourth-order valence-electron chi connectivity index (χ4n) is 4.71. The van der Waals surface area contributed by atoms with Crippen LogP contribution in [0.4, 0.5) is 18.9 Å². The molecule has 9 heteroatoms. The molecule has 0 aliphatic carbocycles. The van der Waals surface area contributed by atoms with Gasteiger partial charge >= 0.3 is 6.18 Å². The number of H-pyrrole nitrogens is 1. The second kappa shape index (κ2) is 8.55. The van der Waals surface area contributed by atoms with Gasteiger partial charge in [-0.05, 0) is 68.2 Å². The van der Waals surface area contributed by atoms with Crippen molar-refractivity contribution >= 4 is 11.6 Å². The van der Waals surface area contributed by atoms with E-state index in [4.69, 9.17) is 4.74 Å². The quantitative estimate of drug-likeness (QED) is 0.590. The van der Waals surface area contributed by atoms with Crippen LogP contribution >= 0.6 is 0 Å². The monoisotopic (exact) mass is 456 g/mol. The maximum atomic E-state index is 13.6. The number of nitrogens with zero attached hydrogens (tertiary/aromatic N) is 3. The third-order valence-corrected chi connectivity index (χ3v) is 6.36. The second-order valence-corrected chi connectivity index (χ2v) is 8.44. The van der Waals surface area contributed by atoms with Crippen molar-refractivity contribution < 1.29 is 22.7 Å². The van der Waals surface area contributed by atoms with Gasteiger partial charge in [-0.1, -0.05) is 18.2 Å². The fraction of sp³-hybridized carbons (Fsp3) is 0.333. The third-order valence-electron chi connectivity index (χ3n) is 6.36. The summed E-state index contributed by atoms with van der Waals surface area (Å²) < 4.78 is 43.6. The molecule has 3 aliphatic heterocycles. The van der Waals surface area contributed by atoms with Gasteiger partial charge in [0.15, 0.2) is 0 Å². The largest absolute Gasteiger partial charge is 0.449 e. The lowest BCUT2D eigenvalue weighted by Crippen LogP contribution is -2.59. The lowest BCUT2D eigenvalue weighted by atomic mass is 9.82. The SMILES string of the molecule is O=C(c1ccc(Oc2cnc(C(F)(F)F)[nH]2)cc1)N(c1ccccc1)[C@H]1CN2CCC1CC2. The summed E-state index contributed by atoms with van der Waals surface area (Å²) in [5.74, 6) is -0.588. The number of alkyl halides is 3. The van der Waals surface area contributed by atoms with Crippen molar-refractivity contribution in [2.24, 2.45) is 5.92 Å². The molecule has 3 fully saturated rings. The number of carbonyl (C=O) groups is 1. The number of carbonyl (C=O) groups excluding carboxylic acids is 1. The molecule has 1 atom stereocenters. The number of benzene rings is 2. The van der Waals surface area contributed by atoms with E-state index in [1.807, 2.05) is 35.2 Å². The lowest BCUT2D eigenvalue weighted by Gasteiger charge is -2.49. The number of rotatable bonds is 5. The minimum absolute atomic E-state index is 0.101. The van der Waals surface area contributed by atoms with Crippen LogP contribution in [0.2, 0.25) is 0 Å². The number of imidazole rings is 1. The van der Waals surface area contributed by atoms with Gasteiger partial charge in [0, 0.05) is 17.8 Å². The van der Waals surface area contributed by atoms with Crippen LogP contribution in [0.1, 0.15) is 29.0 Å². The number of fused-ring (bicyclic) bond motifs is 3. The molecule has 3 saturated heterocycles. The molecule has 33 heavy (non-hydrogen) atoms. The van der Waals surface area contributed by atoms with E-state index in [9.17, 15) is 18.0 Å². The second-order valence-electron chi connectivity index (χ2n) is 8.44. The highest BCUT2D eigenvalue weighted by molar-refractivity contribution is 6.06. The molecule has 6 nitrogen and oxygen atoms in total. The number of halogens is 3. The Morgan fingerprint density at radius 2 is 1.76 bits per heavy atom. The van der Waals surface area contributed by atoms with Crippen LogP contribution in [0.15, 0.2) is 60.8 Å². The number of hydrogen-bond donors (Lipinski definition) is 1. The molecule has 2 bridgehead atoms. The number of piperidine rings is 3. The zero-order valence-corrected chi connectivity index (χ0v) is 17.8. The Kier molecular flexibility index (Phi) is 5.57. The van der Waals surface area contributed by atoms with E-state index < -0.39 is 12.0 Å². The van der Waals surface area contributed by atoms with Crippen LogP contribution in [0, 0.1) is 5.92 Å². The first-order valence-electron chi connectivity index (χ1n) is 10.9. The van der Waals surface area contributed by atoms with E-state index in [1.165, 1.54) is 0 Å². The highest BCUT2D eigenvalue weighted by Crippen LogP contribution is 2.35. The predicted molar refractivity (Wildman–Crippen MR) is 116 cm³/mol. The van der Waals surface area contributed by atoms with Crippen LogP contribution in [-0.4, -0.2) is 46.5 Å². The highest BCUT2D eigenvalue weighted by atomic mass is 19.4. The van der Waals surface area contributed by atoms with Gasteiger partial charge in [0.1, 0.15) is 5.75 Å². The van der Waals surface area contributed by atoms with E-state index in [0.29, 0.717) is 17.2 Å². The van der Waals surface area contributed by atoms with Gasteiger partial charge in [0.25, 0.3) is 5.91 Å². The predicted octanol–water partition coefficient (Wildman–Crippen LogP) is 4.96. The number of anilines is 1. The summed E-state index contributed by atoms with van der Waals surface area (Å²) in [5, 5.41) is 0. The van der Waals surface area contributed by atoms with Crippen LogP contribution in [0.5, 0.6) is 11.6 Å². The first-order valence-corrected chi connectivity index (χ1v) is 10.9. The molecule has 4 heterocycles. The summed E-state index contributed by atoms with van der Waals surface area (Å²) in [5.41, 5.74) is 1.35. The Morgan fingerprint density at radius 3 is 2.33 bits per heavy atom. The number of ether oxygens (including phenoxy) is 1. The smallest absolute Gasteiger partial charge is 0.439 e. The molecule has 3 aliphatic rings. The zero-order valence-electron chi connectivity index (χ0n) is 17.8. The van der Waals surface area contributed by atoms with Crippen molar-refractivity contribution in [3.8, 4) is 11.6 Å². The van der Waals surface area contributed by atoms with Crippen molar-refractivity contribution in [1.82, 2.24) is 14.9 Å². The molecular weight excluding hydrogens is 433 g/mol. The number of aromatic nitrogens is 2. The Labute approximate surface area is 189 Å². The molecule has 6 rings (SSSR count). The van der Waals surface area contributed by atoms with Crippen molar-refractivity contribution in [3.63, 3.8) is 0 Å². The number of hydrogen-bond acceptors (Lipinski definition) is 4. The van der Waals surface area contributed by atoms with E-state index in [1.54, 1.807) is 24.3 Å². The van der Waals surface area contributed by atoms with Gasteiger partial charge in [0.2, 0.25) is 11.7 Å². The molecule has 1 aromatic heterocycles. The molecular formula is C24H23F3N4O2. The maximum Gasteiger partial charge on any atom is 0.449 e. The average Bonchev–Trinajstić information content (AvgIpc) is 3.30. The van der Waals surface area contributed by atoms with Gasteiger partial charge < -0.3 is 19.5 Å². The molecule has 0 spiro atoms. The molecule has 0 radical (unpaired) electrons.